The van der Waals surface area contributed by atoms with Crippen molar-refractivity contribution in [2.24, 2.45) is 0 Å². The van der Waals surface area contributed by atoms with E-state index in [0.29, 0.717) is 17.9 Å². The molecule has 31 heavy (non-hydrogen) atoms. The van der Waals surface area contributed by atoms with Crippen molar-refractivity contribution in [3.63, 3.8) is 0 Å². The molecule has 1 heterocycles. The van der Waals surface area contributed by atoms with Crippen molar-refractivity contribution in [1.82, 2.24) is 4.90 Å². The fourth-order valence-corrected chi connectivity index (χ4v) is 4.87. The minimum atomic E-state index is -0.632. The quantitative estimate of drug-likeness (QED) is 0.345. The third kappa shape index (κ3) is 4.01. The SMILES string of the molecule is CCOc1cccc(C2/C(=C(/O)c3ccc(Br)c(C)c3)C(=O)C(=O)N2C2CCCC2)c1. The molecule has 1 aliphatic heterocycles. The van der Waals surface area contributed by atoms with E-state index in [1.54, 1.807) is 11.0 Å². The van der Waals surface area contributed by atoms with Gasteiger partial charge in [-0.2, -0.15) is 0 Å². The molecule has 2 aliphatic rings. The summed E-state index contributed by atoms with van der Waals surface area (Å²) in [6.07, 6.45) is 3.80. The molecule has 0 radical (unpaired) electrons. The maximum atomic E-state index is 13.2. The first kappa shape index (κ1) is 21.6. The Morgan fingerprint density at radius 1 is 1.16 bits per heavy atom. The average Bonchev–Trinajstić information content (AvgIpc) is 3.37. The minimum absolute atomic E-state index is 0.00541. The zero-order chi connectivity index (χ0) is 22.1. The molecule has 4 rings (SSSR count). The molecule has 1 saturated carbocycles. The predicted octanol–water partition coefficient (Wildman–Crippen LogP) is 5.52. The number of carbonyl (C=O) groups is 2. The number of ether oxygens (including phenoxy) is 1. The van der Waals surface area contributed by atoms with E-state index in [1.165, 1.54) is 0 Å². The van der Waals surface area contributed by atoms with Crippen LogP contribution < -0.4 is 4.74 Å². The molecule has 0 bridgehead atoms. The molecule has 0 spiro atoms. The lowest BCUT2D eigenvalue weighted by atomic mass is 9.94. The molecule has 1 saturated heterocycles. The van der Waals surface area contributed by atoms with Crippen LogP contribution >= 0.6 is 15.9 Å². The first-order chi connectivity index (χ1) is 14.9. The van der Waals surface area contributed by atoms with Crippen LogP contribution in [0.1, 0.15) is 55.3 Å². The molecule has 0 aromatic heterocycles. The molecule has 2 fully saturated rings. The number of hydrogen-bond acceptors (Lipinski definition) is 4. The molecule has 2 aromatic carbocycles. The van der Waals surface area contributed by atoms with E-state index < -0.39 is 17.7 Å². The van der Waals surface area contributed by atoms with Gasteiger partial charge in [-0.1, -0.05) is 47.0 Å². The summed E-state index contributed by atoms with van der Waals surface area (Å²) >= 11 is 3.47. The van der Waals surface area contributed by atoms with Gasteiger partial charge in [0, 0.05) is 16.1 Å². The summed E-state index contributed by atoms with van der Waals surface area (Å²) < 4.78 is 6.57. The minimum Gasteiger partial charge on any atom is -0.507 e. The highest BCUT2D eigenvalue weighted by Gasteiger charge is 2.49. The second-order valence-electron chi connectivity index (χ2n) is 8.11. The number of aryl methyl sites for hydroxylation is 1. The topological polar surface area (TPSA) is 66.8 Å². The Kier molecular flexibility index (Phi) is 6.19. The molecule has 1 atom stereocenters. The van der Waals surface area contributed by atoms with Crippen LogP contribution in [0.5, 0.6) is 5.75 Å². The number of hydrogen-bond donors (Lipinski definition) is 1. The summed E-state index contributed by atoms with van der Waals surface area (Å²) in [4.78, 5) is 28.0. The molecule has 1 unspecified atom stereocenters. The molecule has 5 nitrogen and oxygen atoms in total. The van der Waals surface area contributed by atoms with Crippen LogP contribution in [0.25, 0.3) is 5.76 Å². The number of likely N-dealkylation sites (tertiary alicyclic amines) is 1. The van der Waals surface area contributed by atoms with Gasteiger partial charge in [0.15, 0.2) is 0 Å². The van der Waals surface area contributed by atoms with Crippen molar-refractivity contribution in [1.29, 1.82) is 0 Å². The number of Topliss-reactive ketones (excluding diaryl/α,β-unsaturated/α-hetero) is 1. The van der Waals surface area contributed by atoms with Gasteiger partial charge in [-0.15, -0.1) is 0 Å². The number of amides is 1. The number of carbonyl (C=O) groups excluding carboxylic acids is 2. The Hall–Kier alpha value is -2.60. The number of aliphatic hydroxyl groups excluding tert-OH is 1. The van der Waals surface area contributed by atoms with Gasteiger partial charge in [-0.3, -0.25) is 9.59 Å². The number of rotatable bonds is 5. The summed E-state index contributed by atoms with van der Waals surface area (Å²) in [7, 11) is 0. The molecule has 162 valence electrons. The van der Waals surface area contributed by atoms with Crippen LogP contribution in [0.2, 0.25) is 0 Å². The fraction of sp³-hybridized carbons (Fsp3) is 0.360. The number of aliphatic hydroxyl groups is 1. The van der Waals surface area contributed by atoms with E-state index in [1.807, 2.05) is 50.2 Å². The van der Waals surface area contributed by atoms with E-state index in [4.69, 9.17) is 4.74 Å². The van der Waals surface area contributed by atoms with Crippen molar-refractivity contribution in [2.75, 3.05) is 6.61 Å². The highest BCUT2D eigenvalue weighted by atomic mass is 79.9. The van der Waals surface area contributed by atoms with Crippen molar-refractivity contribution in [3.05, 3.63) is 69.2 Å². The van der Waals surface area contributed by atoms with E-state index in [2.05, 4.69) is 15.9 Å². The Morgan fingerprint density at radius 3 is 2.58 bits per heavy atom. The van der Waals surface area contributed by atoms with Crippen molar-refractivity contribution >= 4 is 33.4 Å². The summed E-state index contributed by atoms with van der Waals surface area (Å²) in [5, 5.41) is 11.2. The lowest BCUT2D eigenvalue weighted by molar-refractivity contribution is -0.141. The normalized spacial score (nSPS) is 21.1. The van der Waals surface area contributed by atoms with Crippen molar-refractivity contribution in [2.45, 2.75) is 51.6 Å². The lowest BCUT2D eigenvalue weighted by Gasteiger charge is -2.31. The standard InChI is InChI=1S/C25H26BrNO4/c1-3-31-19-10-6-7-16(14-19)22-21(23(28)17-11-12-20(26)15(2)13-17)24(29)25(30)27(22)18-8-4-5-9-18/h6-7,10-14,18,22,28H,3-5,8-9H2,1-2H3/b23-21-. The zero-order valence-electron chi connectivity index (χ0n) is 17.7. The van der Waals surface area contributed by atoms with E-state index in [-0.39, 0.29) is 17.4 Å². The van der Waals surface area contributed by atoms with Gasteiger partial charge >= 0.3 is 0 Å². The Balaban J connectivity index is 1.88. The Morgan fingerprint density at radius 2 is 1.90 bits per heavy atom. The van der Waals surface area contributed by atoms with Crippen LogP contribution in [0, 0.1) is 6.92 Å². The second-order valence-corrected chi connectivity index (χ2v) is 8.97. The van der Waals surface area contributed by atoms with Crippen LogP contribution in [0.4, 0.5) is 0 Å². The van der Waals surface area contributed by atoms with Gasteiger partial charge in [0.2, 0.25) is 0 Å². The maximum absolute atomic E-state index is 13.2. The second kappa shape index (κ2) is 8.87. The highest BCUT2D eigenvalue weighted by molar-refractivity contribution is 9.10. The monoisotopic (exact) mass is 483 g/mol. The Bertz CT molecular complexity index is 1060. The van der Waals surface area contributed by atoms with Gasteiger partial charge in [-0.05, 0) is 62.1 Å². The smallest absolute Gasteiger partial charge is 0.295 e. The van der Waals surface area contributed by atoms with Gasteiger partial charge in [0.1, 0.15) is 11.5 Å². The largest absolute Gasteiger partial charge is 0.507 e. The number of ketones is 1. The molecular weight excluding hydrogens is 458 g/mol. The first-order valence-electron chi connectivity index (χ1n) is 10.7. The number of benzene rings is 2. The van der Waals surface area contributed by atoms with E-state index in [9.17, 15) is 14.7 Å². The number of nitrogens with zero attached hydrogens (tertiary/aromatic N) is 1. The van der Waals surface area contributed by atoms with Crippen LogP contribution in [-0.4, -0.2) is 34.3 Å². The first-order valence-corrected chi connectivity index (χ1v) is 11.5. The van der Waals surface area contributed by atoms with Crippen LogP contribution in [0.3, 0.4) is 0 Å². The predicted molar refractivity (Wildman–Crippen MR) is 123 cm³/mol. The van der Waals surface area contributed by atoms with Crippen LogP contribution in [0.15, 0.2) is 52.5 Å². The van der Waals surface area contributed by atoms with Gasteiger partial charge < -0.3 is 14.7 Å². The summed E-state index contributed by atoms with van der Waals surface area (Å²) in [6.45, 7) is 4.35. The highest BCUT2D eigenvalue weighted by Crippen LogP contribution is 2.44. The van der Waals surface area contributed by atoms with Crippen molar-refractivity contribution < 1.29 is 19.4 Å². The summed E-state index contributed by atoms with van der Waals surface area (Å²) in [5.74, 6) is -0.622. The van der Waals surface area contributed by atoms with Gasteiger partial charge in [0.05, 0.1) is 18.2 Å². The molecular formula is C25H26BrNO4. The maximum Gasteiger partial charge on any atom is 0.295 e. The molecule has 6 heteroatoms. The molecule has 1 N–H and O–H groups in total. The zero-order valence-corrected chi connectivity index (χ0v) is 19.3. The molecule has 2 aromatic rings. The van der Waals surface area contributed by atoms with Gasteiger partial charge in [-0.25, -0.2) is 0 Å². The average molecular weight is 484 g/mol. The summed E-state index contributed by atoms with van der Waals surface area (Å²) in [6, 6.07) is 12.2. The number of halogens is 1. The third-order valence-electron chi connectivity index (χ3n) is 6.11. The Labute approximate surface area is 190 Å². The lowest BCUT2D eigenvalue weighted by Crippen LogP contribution is -2.37. The van der Waals surface area contributed by atoms with E-state index >= 15 is 0 Å². The molecule has 1 amide bonds. The fourth-order valence-electron chi connectivity index (χ4n) is 4.62. The summed E-state index contributed by atoms with van der Waals surface area (Å²) in [5.41, 5.74) is 2.37. The van der Waals surface area contributed by atoms with Gasteiger partial charge in [0.25, 0.3) is 11.7 Å². The van der Waals surface area contributed by atoms with Crippen molar-refractivity contribution in [3.8, 4) is 5.75 Å². The van der Waals surface area contributed by atoms with E-state index in [0.717, 1.165) is 41.3 Å². The van der Waals surface area contributed by atoms with Crippen LogP contribution in [-0.2, 0) is 9.59 Å². The molecule has 1 aliphatic carbocycles. The third-order valence-corrected chi connectivity index (χ3v) is 7.00.